The van der Waals surface area contributed by atoms with Crippen LogP contribution in [-0.4, -0.2) is 132 Å². The number of esters is 1. The van der Waals surface area contributed by atoms with Crippen LogP contribution >= 0.6 is 0 Å². The fraction of sp³-hybridized carbons (Fsp3) is 0.553. The van der Waals surface area contributed by atoms with Gasteiger partial charge in [0.05, 0.1) is 25.3 Å². The zero-order chi connectivity index (χ0) is 36.5. The Balaban J connectivity index is 1.29. The Morgan fingerprint density at radius 3 is 2.47 bits per heavy atom. The Morgan fingerprint density at radius 2 is 1.76 bits per heavy atom. The summed E-state index contributed by atoms with van der Waals surface area (Å²) in [5.74, 6) is -1.39. The number of aliphatic hydroxyl groups is 1. The molecule has 3 aliphatic rings. The third-order valence-corrected chi connectivity index (χ3v) is 9.96. The summed E-state index contributed by atoms with van der Waals surface area (Å²) in [6.07, 6.45) is 8.39. The van der Waals surface area contributed by atoms with Gasteiger partial charge in [0, 0.05) is 76.4 Å². The van der Waals surface area contributed by atoms with E-state index >= 15 is 4.39 Å². The smallest absolute Gasteiger partial charge is 0.410 e. The maximum atomic E-state index is 15.0. The Labute approximate surface area is 299 Å². The van der Waals surface area contributed by atoms with E-state index in [0.29, 0.717) is 68.9 Å². The number of piperazine rings is 2. The summed E-state index contributed by atoms with van der Waals surface area (Å²) in [6.45, 7) is 11.2. The number of hydrogen-bond acceptors (Lipinski definition) is 11. The number of Topliss-reactive ketones (excluding diaryl/α,β-unsaturated/α-hetero) is 1. The lowest BCUT2D eigenvalue weighted by Gasteiger charge is -2.35. The zero-order valence-corrected chi connectivity index (χ0v) is 30.1. The number of aliphatic hydroxyl groups excluding tert-OH is 1. The van der Waals surface area contributed by atoms with Crippen LogP contribution in [0.2, 0.25) is 0 Å². The number of benzene rings is 1. The zero-order valence-electron chi connectivity index (χ0n) is 30.1. The molecule has 2 fully saturated rings. The third-order valence-electron chi connectivity index (χ3n) is 9.96. The van der Waals surface area contributed by atoms with E-state index in [-0.39, 0.29) is 36.7 Å². The van der Waals surface area contributed by atoms with Crippen molar-refractivity contribution < 1.29 is 33.4 Å². The van der Waals surface area contributed by atoms with Crippen LogP contribution in [-0.2, 0) is 14.3 Å². The van der Waals surface area contributed by atoms with Gasteiger partial charge in [-0.2, -0.15) is 0 Å². The highest BCUT2D eigenvalue weighted by Gasteiger charge is 2.29. The van der Waals surface area contributed by atoms with Gasteiger partial charge in [0.2, 0.25) is 0 Å². The number of ketones is 1. The molecule has 3 aliphatic heterocycles. The van der Waals surface area contributed by atoms with Crippen LogP contribution in [0.1, 0.15) is 56.1 Å². The number of amides is 1. The Kier molecular flexibility index (Phi) is 13.3. The number of ether oxygens (including phenoxy) is 2. The average Bonchev–Trinajstić information content (AvgIpc) is 3.11. The van der Waals surface area contributed by atoms with Crippen molar-refractivity contribution in [2.75, 3.05) is 70.9 Å². The fourth-order valence-corrected chi connectivity index (χ4v) is 6.73. The number of carbonyl (C=O) groups excluding carboxylic acids is 3. The molecule has 0 spiro atoms. The van der Waals surface area contributed by atoms with Gasteiger partial charge in [-0.1, -0.05) is 26.0 Å². The van der Waals surface area contributed by atoms with E-state index in [9.17, 15) is 19.5 Å². The van der Waals surface area contributed by atoms with E-state index in [2.05, 4.69) is 24.7 Å². The quantitative estimate of drug-likeness (QED) is 0.254. The predicted octanol–water partition coefficient (Wildman–Crippen LogP) is 4.06. The van der Waals surface area contributed by atoms with Gasteiger partial charge in [-0.3, -0.25) is 19.5 Å². The largest absolute Gasteiger partial charge is 0.457 e. The van der Waals surface area contributed by atoms with Gasteiger partial charge in [-0.25, -0.2) is 14.2 Å². The van der Waals surface area contributed by atoms with Gasteiger partial charge >= 0.3 is 12.1 Å². The Hall–Kier alpha value is -4.20. The molecule has 5 rings (SSSR count). The number of halogens is 1. The molecule has 0 saturated carbocycles. The van der Waals surface area contributed by atoms with Crippen LogP contribution in [0.15, 0.2) is 54.5 Å². The van der Waals surface area contributed by atoms with Crippen LogP contribution in [0.25, 0.3) is 6.08 Å². The van der Waals surface area contributed by atoms with Gasteiger partial charge < -0.3 is 29.3 Å². The number of anilines is 1. The molecule has 1 amide bonds. The molecule has 4 heterocycles. The molecule has 276 valence electrons. The van der Waals surface area contributed by atoms with Gasteiger partial charge in [0.1, 0.15) is 23.7 Å². The second-order valence-corrected chi connectivity index (χ2v) is 14.1. The van der Waals surface area contributed by atoms with Gasteiger partial charge in [0.25, 0.3) is 0 Å². The van der Waals surface area contributed by atoms with Crippen LogP contribution in [0.5, 0.6) is 0 Å². The molecule has 5 atom stereocenters. The second-order valence-electron chi connectivity index (χ2n) is 14.1. The number of cyclic esters (lactones) is 1. The van der Waals surface area contributed by atoms with E-state index in [1.54, 1.807) is 4.90 Å². The minimum absolute atomic E-state index is 0.0868. The second kappa shape index (κ2) is 17.8. The van der Waals surface area contributed by atoms with Crippen LogP contribution in [0.4, 0.5) is 14.9 Å². The molecule has 0 radical (unpaired) electrons. The highest BCUT2D eigenvalue weighted by atomic mass is 19.1. The van der Waals surface area contributed by atoms with E-state index in [0.717, 1.165) is 18.8 Å². The van der Waals surface area contributed by atoms with E-state index in [4.69, 9.17) is 9.47 Å². The average molecular weight is 707 g/mol. The van der Waals surface area contributed by atoms with Crippen LogP contribution < -0.4 is 4.90 Å². The minimum Gasteiger partial charge on any atom is -0.457 e. The van der Waals surface area contributed by atoms with E-state index < -0.39 is 30.1 Å². The molecule has 51 heavy (non-hydrogen) atoms. The summed E-state index contributed by atoms with van der Waals surface area (Å²) in [6, 6.07) is 4.85. The van der Waals surface area contributed by atoms with Gasteiger partial charge in [-0.05, 0) is 68.1 Å². The molecule has 0 unspecified atom stereocenters. The topological polar surface area (TPSA) is 129 Å². The van der Waals surface area contributed by atoms with Crippen molar-refractivity contribution in [3.05, 3.63) is 71.6 Å². The van der Waals surface area contributed by atoms with Crippen LogP contribution in [0.3, 0.4) is 0 Å². The molecule has 2 aromatic rings. The standard InChI is InChI=1S/C38H51FN6O6/c1-26-5-7-32(46)23-36(48)51-37(27(2)6-8-35(26)50-38(49)45-15-11-42(4)12-16-45)28(3)19-29-20-30(39)22-31(21-29)44-17-13-43(14-18-44)25-34(47)33-24-40-9-10-41-33/h6,8-10,19-22,24,26-27,32,35,37,46H,5,7,11-18,23,25H2,1-4H3/b8-6+,28-19+/t26-,27-,32+,35-,37-/m0/s1. The molecule has 0 bridgehead atoms. The minimum atomic E-state index is -0.894. The monoisotopic (exact) mass is 706 g/mol. The molecule has 1 N–H and O–H groups in total. The number of nitrogens with zero attached hydrogens (tertiary/aromatic N) is 6. The number of carbonyl (C=O) groups is 3. The number of rotatable bonds is 7. The van der Waals surface area contributed by atoms with Crippen molar-refractivity contribution in [2.45, 2.75) is 58.3 Å². The molecule has 1 aromatic heterocycles. The van der Waals surface area contributed by atoms with Crippen molar-refractivity contribution in [3.63, 3.8) is 0 Å². The van der Waals surface area contributed by atoms with Crippen molar-refractivity contribution in [2.24, 2.45) is 11.8 Å². The normalized spacial score (nSPS) is 26.8. The summed E-state index contributed by atoms with van der Waals surface area (Å²) in [4.78, 5) is 54.8. The van der Waals surface area contributed by atoms with Crippen molar-refractivity contribution in [1.82, 2.24) is 24.7 Å². The Morgan fingerprint density at radius 1 is 1.02 bits per heavy atom. The molecule has 12 nitrogen and oxygen atoms in total. The molecule has 1 aromatic carbocycles. The summed E-state index contributed by atoms with van der Waals surface area (Å²) in [5.41, 5.74) is 2.38. The van der Waals surface area contributed by atoms with Gasteiger partial charge in [-0.15, -0.1) is 0 Å². The van der Waals surface area contributed by atoms with E-state index in [1.165, 1.54) is 30.7 Å². The van der Waals surface area contributed by atoms with Gasteiger partial charge in [0.15, 0.2) is 5.78 Å². The third kappa shape index (κ3) is 10.9. The lowest BCUT2D eigenvalue weighted by Crippen LogP contribution is -2.48. The summed E-state index contributed by atoms with van der Waals surface area (Å²) in [7, 11) is 2.03. The first-order chi connectivity index (χ1) is 24.4. The Bertz CT molecular complexity index is 1560. The van der Waals surface area contributed by atoms with Crippen molar-refractivity contribution >= 4 is 29.6 Å². The highest BCUT2D eigenvalue weighted by molar-refractivity contribution is 5.95. The molecular formula is C38H51FN6O6. The lowest BCUT2D eigenvalue weighted by atomic mass is 9.91. The fourth-order valence-electron chi connectivity index (χ4n) is 6.73. The number of aromatic nitrogens is 2. The van der Waals surface area contributed by atoms with Crippen LogP contribution in [0, 0.1) is 17.7 Å². The SMILES string of the molecule is C/C(=C\c1cc(F)cc(N2CCN(CC(=O)c3cnccn3)CC2)c1)[C@H]1OC(=O)C[C@H](O)CC[C@H](C)[C@@H](OC(=O)N2CCN(C)CC2)/C=C/[C@@H]1C. The number of hydrogen-bond donors (Lipinski definition) is 1. The first-order valence-corrected chi connectivity index (χ1v) is 17.9. The van der Waals surface area contributed by atoms with Crippen molar-refractivity contribution in [1.29, 1.82) is 0 Å². The molecule has 0 aliphatic carbocycles. The molecule has 2 saturated heterocycles. The summed E-state index contributed by atoms with van der Waals surface area (Å²) >= 11 is 0. The maximum absolute atomic E-state index is 15.0. The lowest BCUT2D eigenvalue weighted by molar-refractivity contribution is -0.151. The molecular weight excluding hydrogens is 655 g/mol. The number of likely N-dealkylation sites (N-methyl/N-ethyl adjacent to an activating group) is 1. The van der Waals surface area contributed by atoms with E-state index in [1.807, 2.05) is 52.1 Å². The first kappa shape index (κ1) is 38.0. The molecule has 13 heteroatoms. The predicted molar refractivity (Wildman–Crippen MR) is 192 cm³/mol. The summed E-state index contributed by atoms with van der Waals surface area (Å²) < 4.78 is 27.0. The highest BCUT2D eigenvalue weighted by Crippen LogP contribution is 2.28. The first-order valence-electron chi connectivity index (χ1n) is 17.9. The summed E-state index contributed by atoms with van der Waals surface area (Å²) in [5, 5.41) is 10.7. The maximum Gasteiger partial charge on any atom is 0.410 e. The van der Waals surface area contributed by atoms with Crippen molar-refractivity contribution in [3.8, 4) is 0 Å².